The molecular weight excluding hydrogens is 290 g/mol. The van der Waals surface area contributed by atoms with E-state index in [9.17, 15) is 4.79 Å². The van der Waals surface area contributed by atoms with Crippen molar-refractivity contribution in [3.63, 3.8) is 0 Å². The van der Waals surface area contributed by atoms with Gasteiger partial charge >= 0.3 is 0 Å². The van der Waals surface area contributed by atoms with E-state index in [-0.39, 0.29) is 12.5 Å². The second kappa shape index (κ2) is 9.16. The van der Waals surface area contributed by atoms with Gasteiger partial charge in [0.25, 0.3) is 5.91 Å². The number of nitrogens with zero attached hydrogens (tertiary/aromatic N) is 2. The molecule has 5 nitrogen and oxygen atoms in total. The molecule has 0 radical (unpaired) electrons. The van der Waals surface area contributed by atoms with Crippen molar-refractivity contribution in [1.82, 2.24) is 10.2 Å². The number of hydrogen-bond acceptors (Lipinski definition) is 4. The fourth-order valence-corrected chi connectivity index (χ4v) is 2.88. The Morgan fingerprint density at radius 2 is 2.26 bits per heavy atom. The maximum atomic E-state index is 11.8. The number of para-hydroxylation sites is 1. The molecule has 1 aliphatic heterocycles. The highest BCUT2D eigenvalue weighted by atomic mass is 16.5. The minimum Gasteiger partial charge on any atom is -0.482 e. The quantitative estimate of drug-likeness (QED) is 0.784. The highest BCUT2D eigenvalue weighted by Gasteiger charge is 2.17. The maximum absolute atomic E-state index is 11.8. The Hall–Kier alpha value is -2.06. The Kier molecular flexibility index (Phi) is 6.89. The molecule has 5 heteroatoms. The molecular formula is C18H25N3O2. The largest absolute Gasteiger partial charge is 0.482 e. The third kappa shape index (κ3) is 5.57. The summed E-state index contributed by atoms with van der Waals surface area (Å²) < 4.78 is 5.41. The average molecular weight is 315 g/mol. The number of nitriles is 1. The van der Waals surface area contributed by atoms with Gasteiger partial charge in [-0.15, -0.1) is 0 Å². The van der Waals surface area contributed by atoms with Gasteiger partial charge in [-0.3, -0.25) is 4.79 Å². The molecule has 1 aromatic rings. The number of hydrogen-bond donors (Lipinski definition) is 1. The number of piperidine rings is 1. The van der Waals surface area contributed by atoms with E-state index in [0.29, 0.717) is 23.9 Å². The van der Waals surface area contributed by atoms with Crippen LogP contribution in [0, 0.1) is 11.3 Å². The summed E-state index contributed by atoms with van der Waals surface area (Å²) in [5.74, 6) is 0.303. The molecule has 0 aromatic heterocycles. The van der Waals surface area contributed by atoms with Crippen LogP contribution >= 0.6 is 0 Å². The molecule has 1 fully saturated rings. The van der Waals surface area contributed by atoms with E-state index in [2.05, 4.69) is 17.1 Å². The van der Waals surface area contributed by atoms with Crippen LogP contribution in [0.1, 0.15) is 38.2 Å². The predicted molar refractivity (Wildman–Crippen MR) is 89.2 cm³/mol. The van der Waals surface area contributed by atoms with Crippen LogP contribution in [0.25, 0.3) is 0 Å². The fraction of sp³-hybridized carbons (Fsp3) is 0.556. The summed E-state index contributed by atoms with van der Waals surface area (Å²) in [4.78, 5) is 14.3. The van der Waals surface area contributed by atoms with Gasteiger partial charge in [0.05, 0.1) is 5.56 Å². The Morgan fingerprint density at radius 1 is 1.43 bits per heavy atom. The summed E-state index contributed by atoms with van der Waals surface area (Å²) >= 11 is 0. The zero-order valence-corrected chi connectivity index (χ0v) is 13.8. The summed E-state index contributed by atoms with van der Waals surface area (Å²) in [5.41, 5.74) is 0.444. The van der Waals surface area contributed by atoms with Crippen molar-refractivity contribution in [3.8, 4) is 11.8 Å². The molecule has 0 aliphatic carbocycles. The van der Waals surface area contributed by atoms with Crippen molar-refractivity contribution in [2.75, 3.05) is 26.2 Å². The SMILES string of the molecule is C[C@H]1CCCCN1CCCNC(=O)COc1ccccc1C#N. The molecule has 1 aromatic carbocycles. The summed E-state index contributed by atoms with van der Waals surface area (Å²) in [7, 11) is 0. The first-order chi connectivity index (χ1) is 11.2. The second-order valence-electron chi connectivity index (χ2n) is 5.98. The smallest absolute Gasteiger partial charge is 0.257 e. The monoisotopic (exact) mass is 315 g/mol. The van der Waals surface area contributed by atoms with Crippen LogP contribution in [0.2, 0.25) is 0 Å². The van der Waals surface area contributed by atoms with Gasteiger partial charge in [0, 0.05) is 19.1 Å². The van der Waals surface area contributed by atoms with Crippen molar-refractivity contribution in [1.29, 1.82) is 5.26 Å². The number of ether oxygens (including phenoxy) is 1. The fourth-order valence-electron chi connectivity index (χ4n) is 2.88. The first-order valence-electron chi connectivity index (χ1n) is 8.33. The lowest BCUT2D eigenvalue weighted by Crippen LogP contribution is -2.39. The van der Waals surface area contributed by atoms with Crippen LogP contribution in [0.4, 0.5) is 0 Å². The number of nitrogens with one attached hydrogen (secondary N) is 1. The lowest BCUT2D eigenvalue weighted by Gasteiger charge is -2.33. The van der Waals surface area contributed by atoms with Crippen LogP contribution in [-0.2, 0) is 4.79 Å². The minimum atomic E-state index is -0.149. The topological polar surface area (TPSA) is 65.4 Å². The third-order valence-electron chi connectivity index (χ3n) is 4.25. The summed E-state index contributed by atoms with van der Waals surface area (Å²) in [6.07, 6.45) is 4.84. The zero-order valence-electron chi connectivity index (χ0n) is 13.8. The number of likely N-dealkylation sites (tertiary alicyclic amines) is 1. The molecule has 0 bridgehead atoms. The van der Waals surface area contributed by atoms with Gasteiger partial charge < -0.3 is 15.0 Å². The van der Waals surface area contributed by atoms with Crippen LogP contribution in [-0.4, -0.2) is 43.1 Å². The molecule has 1 aliphatic rings. The zero-order chi connectivity index (χ0) is 16.5. The second-order valence-corrected chi connectivity index (χ2v) is 5.98. The Balaban J connectivity index is 1.63. The van der Waals surface area contributed by atoms with E-state index in [4.69, 9.17) is 10.00 Å². The first-order valence-corrected chi connectivity index (χ1v) is 8.33. The van der Waals surface area contributed by atoms with E-state index < -0.39 is 0 Å². The number of amides is 1. The van der Waals surface area contributed by atoms with E-state index in [1.807, 2.05) is 6.07 Å². The summed E-state index contributed by atoms with van der Waals surface area (Å²) in [6.45, 7) is 5.07. The number of carbonyl (C=O) groups is 1. The van der Waals surface area contributed by atoms with Gasteiger partial charge in [-0.2, -0.15) is 5.26 Å². The standard InChI is InChI=1S/C18H25N3O2/c1-15-7-4-5-11-21(15)12-6-10-20-18(22)14-23-17-9-3-2-8-16(17)13-19/h2-3,8-9,15H,4-7,10-12,14H2,1H3,(H,20,22)/t15-/m0/s1. The van der Waals surface area contributed by atoms with Crippen LogP contribution in [0.5, 0.6) is 5.75 Å². The third-order valence-corrected chi connectivity index (χ3v) is 4.25. The van der Waals surface area contributed by atoms with Crippen molar-refractivity contribution in [2.24, 2.45) is 0 Å². The Labute approximate surface area is 138 Å². The number of carbonyl (C=O) groups excluding carboxylic acids is 1. The van der Waals surface area contributed by atoms with Gasteiger partial charge in [-0.1, -0.05) is 18.6 Å². The van der Waals surface area contributed by atoms with Gasteiger partial charge in [0.1, 0.15) is 11.8 Å². The van der Waals surface area contributed by atoms with E-state index in [1.165, 1.54) is 25.8 Å². The molecule has 0 spiro atoms. The highest BCUT2D eigenvalue weighted by Crippen LogP contribution is 2.17. The molecule has 124 valence electrons. The van der Waals surface area contributed by atoms with Crippen LogP contribution < -0.4 is 10.1 Å². The Bertz CT molecular complexity index is 553. The Morgan fingerprint density at radius 3 is 3.04 bits per heavy atom. The van der Waals surface area contributed by atoms with Crippen LogP contribution in [0.3, 0.4) is 0 Å². The molecule has 23 heavy (non-hydrogen) atoms. The minimum absolute atomic E-state index is 0.0567. The molecule has 1 atom stereocenters. The summed E-state index contributed by atoms with van der Waals surface area (Å²) in [5, 5.41) is 11.8. The van der Waals surface area contributed by atoms with E-state index in [1.54, 1.807) is 24.3 Å². The normalized spacial score (nSPS) is 18.2. The van der Waals surface area contributed by atoms with Gasteiger partial charge in [0.2, 0.25) is 0 Å². The molecule has 0 saturated carbocycles. The molecule has 1 heterocycles. The average Bonchev–Trinajstić information content (AvgIpc) is 2.58. The molecule has 1 saturated heterocycles. The van der Waals surface area contributed by atoms with Gasteiger partial charge in [-0.25, -0.2) is 0 Å². The van der Waals surface area contributed by atoms with Crippen molar-refractivity contribution in [3.05, 3.63) is 29.8 Å². The van der Waals surface area contributed by atoms with Crippen molar-refractivity contribution in [2.45, 2.75) is 38.6 Å². The van der Waals surface area contributed by atoms with Crippen LogP contribution in [0.15, 0.2) is 24.3 Å². The highest BCUT2D eigenvalue weighted by molar-refractivity contribution is 5.77. The summed E-state index contributed by atoms with van der Waals surface area (Å²) in [6, 6.07) is 9.64. The van der Waals surface area contributed by atoms with E-state index in [0.717, 1.165) is 13.0 Å². The molecule has 1 amide bonds. The number of benzene rings is 1. The van der Waals surface area contributed by atoms with Gasteiger partial charge in [0.15, 0.2) is 6.61 Å². The maximum Gasteiger partial charge on any atom is 0.257 e. The molecule has 2 rings (SSSR count). The van der Waals surface area contributed by atoms with Gasteiger partial charge in [-0.05, 0) is 44.9 Å². The lowest BCUT2D eigenvalue weighted by molar-refractivity contribution is -0.123. The first kappa shape index (κ1) is 17.3. The lowest BCUT2D eigenvalue weighted by atomic mass is 10.0. The van der Waals surface area contributed by atoms with Crippen molar-refractivity contribution < 1.29 is 9.53 Å². The van der Waals surface area contributed by atoms with E-state index >= 15 is 0 Å². The number of rotatable bonds is 7. The van der Waals surface area contributed by atoms with Crippen molar-refractivity contribution >= 4 is 5.91 Å². The molecule has 1 N–H and O–H groups in total. The predicted octanol–water partition coefficient (Wildman–Crippen LogP) is 2.32. The molecule has 0 unspecified atom stereocenters.